The number of rotatable bonds is 2. The van der Waals surface area contributed by atoms with Crippen LogP contribution in [0.25, 0.3) is 0 Å². The van der Waals surface area contributed by atoms with E-state index >= 15 is 0 Å². The third kappa shape index (κ3) is 3.86. The number of aromatic carboxylic acids is 1. The summed E-state index contributed by atoms with van der Waals surface area (Å²) in [5.74, 6) is -1.87. The van der Waals surface area contributed by atoms with Crippen LogP contribution in [-0.4, -0.2) is 49.4 Å². The number of amides is 1. The molecule has 15 heavy (non-hydrogen) atoms. The fourth-order valence-electron chi connectivity index (χ4n) is 0.988. The monoisotopic (exact) mass is 403 g/mol. The summed E-state index contributed by atoms with van der Waals surface area (Å²) >= 11 is 0. The van der Waals surface area contributed by atoms with Crippen molar-refractivity contribution in [2.24, 2.45) is 0 Å². The molecule has 5 nitrogen and oxygen atoms in total. The summed E-state index contributed by atoms with van der Waals surface area (Å²) in [6.07, 6.45) is 0. The number of anilines is 1. The Bertz CT molecular complexity index is 392. The molecular formula is C9H9NO4Pb. The summed E-state index contributed by atoms with van der Waals surface area (Å²) in [6, 6.07) is 3.83. The smallest absolute Gasteiger partial charge is 0.339 e. The van der Waals surface area contributed by atoms with Crippen LogP contribution in [0, 0.1) is 0 Å². The molecule has 6 heteroatoms. The van der Waals surface area contributed by atoms with Crippen LogP contribution in [0.3, 0.4) is 0 Å². The SMILES string of the molecule is CC(=O)Nc1ccc(O)c(C(=O)O)c1.[Pb]. The minimum Gasteiger partial charge on any atom is -0.507 e. The fourth-order valence-corrected chi connectivity index (χ4v) is 0.988. The van der Waals surface area contributed by atoms with Gasteiger partial charge in [0.15, 0.2) is 0 Å². The normalized spacial score (nSPS) is 8.87. The molecule has 1 aromatic carbocycles. The first-order chi connectivity index (χ1) is 6.50. The maximum atomic E-state index is 10.7. The summed E-state index contributed by atoms with van der Waals surface area (Å²) in [6.45, 7) is 1.31. The summed E-state index contributed by atoms with van der Waals surface area (Å²) in [5.41, 5.74) is 0.101. The van der Waals surface area contributed by atoms with Crippen LogP contribution in [0.15, 0.2) is 18.2 Å². The van der Waals surface area contributed by atoms with E-state index in [1.54, 1.807) is 0 Å². The number of aromatic hydroxyl groups is 1. The number of carbonyl (C=O) groups excluding carboxylic acids is 1. The van der Waals surface area contributed by atoms with E-state index in [0.717, 1.165) is 0 Å². The second-order valence-electron chi connectivity index (χ2n) is 2.72. The number of carboxylic acid groups (broad SMARTS) is 1. The van der Waals surface area contributed by atoms with Crippen LogP contribution >= 0.6 is 0 Å². The molecule has 4 radical (unpaired) electrons. The Labute approximate surface area is 106 Å². The quantitative estimate of drug-likeness (QED) is 0.501. The summed E-state index contributed by atoms with van der Waals surface area (Å²) in [7, 11) is 0. The van der Waals surface area contributed by atoms with E-state index in [2.05, 4.69) is 5.32 Å². The van der Waals surface area contributed by atoms with Gasteiger partial charge in [0.2, 0.25) is 5.91 Å². The number of hydrogen-bond donors (Lipinski definition) is 3. The maximum absolute atomic E-state index is 10.7. The van der Waals surface area contributed by atoms with Crippen molar-refractivity contribution in [3.05, 3.63) is 23.8 Å². The van der Waals surface area contributed by atoms with E-state index in [4.69, 9.17) is 10.2 Å². The van der Waals surface area contributed by atoms with Crippen molar-refractivity contribution < 1.29 is 19.8 Å². The van der Waals surface area contributed by atoms with Gasteiger partial charge in [0, 0.05) is 39.9 Å². The van der Waals surface area contributed by atoms with Gasteiger partial charge in [0.25, 0.3) is 0 Å². The van der Waals surface area contributed by atoms with Crippen molar-refractivity contribution in [3.63, 3.8) is 0 Å². The van der Waals surface area contributed by atoms with Crippen molar-refractivity contribution in [1.82, 2.24) is 0 Å². The first-order valence-electron chi connectivity index (χ1n) is 3.84. The van der Waals surface area contributed by atoms with Crippen molar-refractivity contribution >= 4 is 44.9 Å². The minimum atomic E-state index is -1.24. The van der Waals surface area contributed by atoms with Gasteiger partial charge in [-0.05, 0) is 18.2 Å². The second kappa shape index (κ2) is 5.69. The minimum absolute atomic E-state index is 0. The molecule has 1 rings (SSSR count). The Kier molecular flexibility index (Phi) is 5.26. The number of hydrogen-bond acceptors (Lipinski definition) is 3. The van der Waals surface area contributed by atoms with E-state index in [1.165, 1.54) is 25.1 Å². The van der Waals surface area contributed by atoms with Crippen LogP contribution in [-0.2, 0) is 4.79 Å². The van der Waals surface area contributed by atoms with Crippen molar-refractivity contribution in [2.75, 3.05) is 5.32 Å². The molecule has 0 saturated heterocycles. The van der Waals surface area contributed by atoms with Crippen LogP contribution in [0.2, 0.25) is 0 Å². The van der Waals surface area contributed by atoms with Crippen LogP contribution in [0.4, 0.5) is 5.69 Å². The van der Waals surface area contributed by atoms with E-state index in [0.29, 0.717) is 5.69 Å². The van der Waals surface area contributed by atoms with E-state index in [1.807, 2.05) is 0 Å². The van der Waals surface area contributed by atoms with Crippen LogP contribution < -0.4 is 5.32 Å². The molecule has 1 amide bonds. The Balaban J connectivity index is 0.00000196. The molecule has 0 aliphatic heterocycles. The molecule has 0 unspecified atom stereocenters. The van der Waals surface area contributed by atoms with Gasteiger partial charge in [0.05, 0.1) is 0 Å². The largest absolute Gasteiger partial charge is 0.507 e. The molecule has 0 atom stereocenters. The summed E-state index contributed by atoms with van der Waals surface area (Å²) in [5, 5.41) is 20.2. The molecule has 1 aromatic rings. The van der Waals surface area contributed by atoms with Gasteiger partial charge in [-0.15, -0.1) is 0 Å². The third-order valence-electron chi connectivity index (χ3n) is 1.55. The molecule has 3 N–H and O–H groups in total. The number of benzene rings is 1. The zero-order chi connectivity index (χ0) is 10.7. The first-order valence-corrected chi connectivity index (χ1v) is 3.84. The van der Waals surface area contributed by atoms with Gasteiger partial charge in [-0.25, -0.2) is 4.79 Å². The van der Waals surface area contributed by atoms with Gasteiger partial charge in [-0.3, -0.25) is 4.79 Å². The van der Waals surface area contributed by atoms with Crippen molar-refractivity contribution in [1.29, 1.82) is 0 Å². The standard InChI is InChI=1S/C9H9NO4.Pb/c1-5(11)10-6-2-3-8(12)7(4-6)9(13)14;/h2-4,12H,1H3,(H,10,11)(H,13,14);. The second-order valence-corrected chi connectivity index (χ2v) is 2.72. The number of carboxylic acids is 1. The molecule has 0 heterocycles. The molecule has 0 aliphatic rings. The molecule has 0 bridgehead atoms. The van der Waals surface area contributed by atoms with Gasteiger partial charge in [-0.1, -0.05) is 0 Å². The molecule has 0 fully saturated rings. The fraction of sp³-hybridized carbons (Fsp3) is 0.111. The Morgan fingerprint density at radius 1 is 1.33 bits per heavy atom. The van der Waals surface area contributed by atoms with Gasteiger partial charge < -0.3 is 15.5 Å². The Hall–Kier alpha value is -1.12. The van der Waals surface area contributed by atoms with Gasteiger partial charge >= 0.3 is 5.97 Å². The molecule has 0 aromatic heterocycles. The average Bonchev–Trinajstić information content (AvgIpc) is 2.07. The molecule has 78 valence electrons. The number of nitrogens with one attached hydrogen (secondary N) is 1. The summed E-state index contributed by atoms with van der Waals surface area (Å²) < 4.78 is 0. The summed E-state index contributed by atoms with van der Waals surface area (Å²) in [4.78, 5) is 21.2. The van der Waals surface area contributed by atoms with Crippen LogP contribution in [0.5, 0.6) is 5.75 Å². The van der Waals surface area contributed by atoms with Crippen molar-refractivity contribution in [2.45, 2.75) is 6.92 Å². The molecule has 0 aliphatic carbocycles. The number of carbonyl (C=O) groups is 2. The van der Waals surface area contributed by atoms with Gasteiger partial charge in [0.1, 0.15) is 11.3 Å². The molecular weight excluding hydrogens is 393 g/mol. The predicted molar refractivity (Wildman–Crippen MR) is 55.1 cm³/mol. The number of phenols is 1. The Morgan fingerprint density at radius 2 is 1.93 bits per heavy atom. The van der Waals surface area contributed by atoms with Crippen LogP contribution in [0.1, 0.15) is 17.3 Å². The Morgan fingerprint density at radius 3 is 2.40 bits per heavy atom. The van der Waals surface area contributed by atoms with E-state index in [9.17, 15) is 9.59 Å². The van der Waals surface area contributed by atoms with Crippen molar-refractivity contribution in [3.8, 4) is 5.75 Å². The predicted octanol–water partition coefficient (Wildman–Crippen LogP) is 0.668. The van der Waals surface area contributed by atoms with E-state index in [-0.39, 0.29) is 44.5 Å². The van der Waals surface area contributed by atoms with E-state index < -0.39 is 5.97 Å². The zero-order valence-electron chi connectivity index (χ0n) is 7.94. The first kappa shape index (κ1) is 13.9. The van der Waals surface area contributed by atoms with Gasteiger partial charge in [-0.2, -0.15) is 0 Å². The zero-order valence-corrected chi connectivity index (χ0v) is 11.8. The third-order valence-corrected chi connectivity index (χ3v) is 1.55. The topological polar surface area (TPSA) is 86.6 Å². The molecule has 0 saturated carbocycles. The molecule has 0 spiro atoms. The maximum Gasteiger partial charge on any atom is 0.339 e. The average molecular weight is 402 g/mol.